The Labute approximate surface area is 547 Å². The molecule has 3 aliphatic rings. The van der Waals surface area contributed by atoms with E-state index in [0.717, 1.165) is 103 Å². The van der Waals surface area contributed by atoms with Gasteiger partial charge < -0.3 is 89.9 Å². The van der Waals surface area contributed by atoms with Crippen molar-refractivity contribution < 1.29 is 89.4 Å². The molecule has 1 amide bonds. The van der Waals surface area contributed by atoms with Gasteiger partial charge in [-0.3, -0.25) is 4.79 Å². The van der Waals surface area contributed by atoms with Crippen LogP contribution in [0, 0.1) is 0 Å². The third-order valence-corrected chi connectivity index (χ3v) is 17.5. The normalized spacial score (nSPS) is 28.3. The van der Waals surface area contributed by atoms with Crippen molar-refractivity contribution in [2.24, 2.45) is 0 Å². The Balaban J connectivity index is 1.44. The van der Waals surface area contributed by atoms with Gasteiger partial charge >= 0.3 is 0 Å². The first-order chi connectivity index (χ1) is 44.3. The highest BCUT2D eigenvalue weighted by molar-refractivity contribution is 5.76. The number of aliphatic hydroxyl groups is 11. The molecule has 0 aromatic carbocycles. The number of ether oxygens (including phenoxy) is 6. The molecule has 17 unspecified atom stereocenters. The number of carbonyl (C=O) groups is 1. The predicted molar refractivity (Wildman–Crippen MR) is 355 cm³/mol. The van der Waals surface area contributed by atoms with Gasteiger partial charge in [0, 0.05) is 6.42 Å². The molecule has 3 rings (SSSR count). The van der Waals surface area contributed by atoms with Crippen LogP contribution in [0.4, 0.5) is 0 Å². The number of unbranched alkanes of at least 4 members (excludes halogenated alkanes) is 26. The van der Waals surface area contributed by atoms with Crippen LogP contribution in [0.3, 0.4) is 0 Å². The van der Waals surface area contributed by atoms with Crippen molar-refractivity contribution in [3.63, 3.8) is 0 Å². The summed E-state index contributed by atoms with van der Waals surface area (Å²) in [6.45, 7) is 1.69. The number of nitrogens with one attached hydrogen (secondary N) is 1. The Kier molecular flexibility index (Phi) is 48.4. The lowest BCUT2D eigenvalue weighted by atomic mass is 9.96. The minimum atomic E-state index is -1.98. The second-order valence-corrected chi connectivity index (χ2v) is 25.3. The number of aliphatic hydroxyl groups excluding tert-OH is 11. The molecule has 3 saturated heterocycles. The fourth-order valence-corrected chi connectivity index (χ4v) is 11.8. The SMILES string of the molecule is CC/C=C\C/C=C\C/C=C\C/C=C\C/C=C\C/C=C\CCCCCCCCC(=O)NC(COC1OC(CO)C(OC2OC(CO)C(OC3OC(CO)C(O)C(O)C3O)C(O)C2O)C(O)C1O)C(O)CCCCCCCCCCCCCCCCCCCCCCC. The van der Waals surface area contributed by atoms with E-state index in [1.165, 1.54) is 109 Å². The molecule has 0 radical (unpaired) electrons. The summed E-state index contributed by atoms with van der Waals surface area (Å²) in [4.78, 5) is 13.4. The minimum Gasteiger partial charge on any atom is -0.394 e. The number of amides is 1. The van der Waals surface area contributed by atoms with E-state index in [2.05, 4.69) is 92.1 Å². The second-order valence-electron chi connectivity index (χ2n) is 25.3. The second kappa shape index (κ2) is 53.4. The van der Waals surface area contributed by atoms with Crippen LogP contribution in [0.1, 0.15) is 245 Å². The highest BCUT2D eigenvalue weighted by atomic mass is 16.8. The van der Waals surface area contributed by atoms with Crippen LogP contribution in [0.5, 0.6) is 0 Å². The zero-order chi connectivity index (χ0) is 66.1. The molecule has 3 aliphatic heterocycles. The molecule has 0 aromatic rings. The van der Waals surface area contributed by atoms with E-state index in [-0.39, 0.29) is 18.9 Å². The van der Waals surface area contributed by atoms with E-state index in [0.29, 0.717) is 12.8 Å². The zero-order valence-electron chi connectivity index (χ0n) is 55.8. The summed E-state index contributed by atoms with van der Waals surface area (Å²) in [6, 6.07) is -0.901. The topological polar surface area (TPSA) is 307 Å². The molecule has 0 bridgehead atoms. The molecule has 528 valence electrons. The van der Waals surface area contributed by atoms with Crippen molar-refractivity contribution in [1.29, 1.82) is 0 Å². The van der Waals surface area contributed by atoms with Gasteiger partial charge in [-0.05, 0) is 64.2 Å². The Hall–Kier alpha value is -2.77. The maximum atomic E-state index is 13.4. The summed E-state index contributed by atoms with van der Waals surface area (Å²) in [5.41, 5.74) is 0. The fourth-order valence-electron chi connectivity index (χ4n) is 11.8. The van der Waals surface area contributed by atoms with Crippen LogP contribution in [0.25, 0.3) is 0 Å². The first-order valence-corrected chi connectivity index (χ1v) is 35.7. The third-order valence-electron chi connectivity index (χ3n) is 17.5. The molecule has 0 aromatic heterocycles. The van der Waals surface area contributed by atoms with Crippen LogP contribution in [0.15, 0.2) is 72.9 Å². The highest BCUT2D eigenvalue weighted by Gasteiger charge is 2.53. The minimum absolute atomic E-state index is 0.246. The summed E-state index contributed by atoms with van der Waals surface area (Å²) in [6.07, 6.45) is 39.6. The molecular weight excluding hydrogens is 1170 g/mol. The number of rotatable bonds is 54. The van der Waals surface area contributed by atoms with E-state index in [1.54, 1.807) is 0 Å². The van der Waals surface area contributed by atoms with Crippen LogP contribution in [-0.4, -0.2) is 193 Å². The first-order valence-electron chi connectivity index (χ1n) is 35.7. The average Bonchev–Trinajstić information content (AvgIpc) is 0.883. The third kappa shape index (κ3) is 35.2. The fraction of sp³-hybridized carbons (Fsp3) is 0.819. The first kappa shape index (κ1) is 82.5. The summed E-state index contributed by atoms with van der Waals surface area (Å²) in [5, 5.41) is 121. The largest absolute Gasteiger partial charge is 0.394 e. The quantitative estimate of drug-likeness (QED) is 0.0199. The van der Waals surface area contributed by atoms with Crippen LogP contribution in [-0.2, 0) is 33.2 Å². The highest BCUT2D eigenvalue weighted by Crippen LogP contribution is 2.33. The van der Waals surface area contributed by atoms with Crippen molar-refractivity contribution in [1.82, 2.24) is 5.32 Å². The van der Waals surface area contributed by atoms with Crippen LogP contribution < -0.4 is 5.32 Å². The lowest BCUT2D eigenvalue weighted by molar-refractivity contribution is -0.379. The molecule has 19 nitrogen and oxygen atoms in total. The van der Waals surface area contributed by atoms with E-state index in [4.69, 9.17) is 28.4 Å². The number of hydrogen-bond donors (Lipinski definition) is 12. The smallest absolute Gasteiger partial charge is 0.220 e. The lowest BCUT2D eigenvalue weighted by Crippen LogP contribution is -2.66. The Morgan fingerprint density at radius 2 is 0.758 bits per heavy atom. The van der Waals surface area contributed by atoms with Crippen LogP contribution >= 0.6 is 0 Å². The van der Waals surface area contributed by atoms with Gasteiger partial charge in [-0.25, -0.2) is 0 Å². The van der Waals surface area contributed by atoms with E-state index < -0.39 is 124 Å². The van der Waals surface area contributed by atoms with Crippen molar-refractivity contribution >= 4 is 5.91 Å². The molecule has 0 saturated carbocycles. The van der Waals surface area contributed by atoms with E-state index >= 15 is 0 Å². The van der Waals surface area contributed by atoms with Crippen molar-refractivity contribution in [3.05, 3.63) is 72.9 Å². The Bertz CT molecular complexity index is 1930. The van der Waals surface area contributed by atoms with Crippen molar-refractivity contribution in [2.45, 2.75) is 349 Å². The Morgan fingerprint density at radius 3 is 1.19 bits per heavy atom. The summed E-state index contributed by atoms with van der Waals surface area (Å²) < 4.78 is 34.4. The summed E-state index contributed by atoms with van der Waals surface area (Å²) in [7, 11) is 0. The van der Waals surface area contributed by atoms with Gasteiger partial charge in [0.2, 0.25) is 5.91 Å². The maximum absolute atomic E-state index is 13.4. The molecule has 19 heteroatoms. The molecular formula is C72H127NO18. The van der Waals surface area contributed by atoms with Crippen molar-refractivity contribution in [3.8, 4) is 0 Å². The monoisotopic (exact) mass is 1290 g/mol. The standard InChI is InChI=1S/C72H127NO18/c1-3-5-7-9-11-13-15-17-19-21-23-25-26-27-28-30-32-34-36-38-40-42-44-46-48-50-60(78)73-55(56(77)49-47-45-43-41-39-37-35-33-31-29-24-22-20-18-16-14-12-10-8-6-4-2)54-86-70-66(84)63(81)68(58(52-75)88-70)91-72-67(85)64(82)69(59(53-76)89-72)90-71-65(83)62(80)61(79)57(51-74)87-71/h5,7,11,13,17,19,23,25,27-28,32,34,55-59,61-72,74-77,79-85H,3-4,6,8-10,12,14-16,18,20-22,24,26,29-31,33,35-54H2,1-2H3,(H,73,78)/b7-5-,13-11-,19-17-,25-23-,28-27-,34-32-. The predicted octanol–water partition coefficient (Wildman–Crippen LogP) is 9.72. The number of allylic oxidation sites excluding steroid dienone is 12. The molecule has 0 spiro atoms. The van der Waals surface area contributed by atoms with Gasteiger partial charge in [-0.2, -0.15) is 0 Å². The molecule has 12 N–H and O–H groups in total. The van der Waals surface area contributed by atoms with Gasteiger partial charge in [0.15, 0.2) is 18.9 Å². The molecule has 17 atom stereocenters. The lowest BCUT2D eigenvalue weighted by Gasteiger charge is -2.48. The summed E-state index contributed by atoms with van der Waals surface area (Å²) in [5.74, 6) is -0.258. The molecule has 91 heavy (non-hydrogen) atoms. The van der Waals surface area contributed by atoms with Gasteiger partial charge in [-0.1, -0.05) is 247 Å². The van der Waals surface area contributed by atoms with Crippen LogP contribution in [0.2, 0.25) is 0 Å². The molecule has 3 heterocycles. The van der Waals surface area contributed by atoms with Crippen molar-refractivity contribution in [2.75, 3.05) is 26.4 Å². The number of hydrogen-bond acceptors (Lipinski definition) is 18. The molecule has 0 aliphatic carbocycles. The number of carbonyl (C=O) groups excluding carboxylic acids is 1. The summed E-state index contributed by atoms with van der Waals surface area (Å²) >= 11 is 0. The molecule has 3 fully saturated rings. The van der Waals surface area contributed by atoms with Gasteiger partial charge in [0.25, 0.3) is 0 Å². The maximum Gasteiger partial charge on any atom is 0.220 e. The van der Waals surface area contributed by atoms with Gasteiger partial charge in [0.05, 0.1) is 38.6 Å². The average molecular weight is 1290 g/mol. The van der Waals surface area contributed by atoms with E-state index in [9.17, 15) is 61.0 Å². The van der Waals surface area contributed by atoms with Gasteiger partial charge in [-0.15, -0.1) is 0 Å². The van der Waals surface area contributed by atoms with E-state index in [1.807, 2.05) is 0 Å². The Morgan fingerprint density at radius 1 is 0.407 bits per heavy atom. The zero-order valence-corrected chi connectivity index (χ0v) is 55.8. The van der Waals surface area contributed by atoms with Gasteiger partial charge in [0.1, 0.15) is 73.2 Å².